The third-order valence-electron chi connectivity index (χ3n) is 3.10. The van der Waals surface area contributed by atoms with Gasteiger partial charge in [-0.1, -0.05) is 30.0 Å². The first-order valence-corrected chi connectivity index (χ1v) is 9.01. The van der Waals surface area contributed by atoms with Crippen molar-refractivity contribution < 1.29 is 9.18 Å². The quantitative estimate of drug-likeness (QED) is 0.653. The number of rotatable bonds is 6. The molecule has 2 N–H and O–H groups in total. The standard InChI is InChI=1S/C14H14FN5O2S2/c1-2-5-20-13(22)18-19-14(20)23-7-11(21)17-12-16-9-4-3-8(15)6-10(9)24-12/h3-4,6H,2,5,7H2,1H3,(H,18,22)(H,16,17,21). The SMILES string of the molecule is CCCn1c(SCC(=O)Nc2nc3ccc(F)cc3s2)n[nH]c1=O. The van der Waals surface area contributed by atoms with Gasteiger partial charge in [0.1, 0.15) is 5.82 Å². The van der Waals surface area contributed by atoms with Crippen LogP contribution in [0.25, 0.3) is 10.2 Å². The van der Waals surface area contributed by atoms with Gasteiger partial charge in [0.25, 0.3) is 0 Å². The first kappa shape index (κ1) is 16.7. The average Bonchev–Trinajstić information content (AvgIpc) is 3.09. The van der Waals surface area contributed by atoms with Gasteiger partial charge in [-0.05, 0) is 24.6 Å². The highest BCUT2D eigenvalue weighted by molar-refractivity contribution is 7.99. The minimum atomic E-state index is -0.341. The van der Waals surface area contributed by atoms with Crippen LogP contribution in [0, 0.1) is 5.82 Å². The van der Waals surface area contributed by atoms with E-state index in [1.165, 1.54) is 39.8 Å². The third kappa shape index (κ3) is 3.65. The Hall–Kier alpha value is -2.20. The Morgan fingerprint density at radius 1 is 1.50 bits per heavy atom. The van der Waals surface area contributed by atoms with Crippen LogP contribution in [0.5, 0.6) is 0 Å². The van der Waals surface area contributed by atoms with Crippen molar-refractivity contribution in [2.45, 2.75) is 25.0 Å². The first-order chi connectivity index (χ1) is 11.6. The highest BCUT2D eigenvalue weighted by Gasteiger charge is 2.12. The lowest BCUT2D eigenvalue weighted by atomic mass is 10.3. The monoisotopic (exact) mass is 367 g/mol. The minimum absolute atomic E-state index is 0.0955. The summed E-state index contributed by atoms with van der Waals surface area (Å²) in [4.78, 5) is 27.9. The van der Waals surface area contributed by atoms with Gasteiger partial charge in [-0.25, -0.2) is 19.3 Å². The molecule has 0 unspecified atom stereocenters. The molecule has 0 aliphatic heterocycles. The van der Waals surface area contributed by atoms with Crippen LogP contribution in [-0.4, -0.2) is 31.4 Å². The van der Waals surface area contributed by atoms with Crippen molar-refractivity contribution in [3.63, 3.8) is 0 Å². The molecule has 24 heavy (non-hydrogen) atoms. The summed E-state index contributed by atoms with van der Waals surface area (Å²) in [6.07, 6.45) is 0.793. The van der Waals surface area contributed by atoms with E-state index in [9.17, 15) is 14.0 Å². The summed E-state index contributed by atoms with van der Waals surface area (Å²) in [5, 5.41) is 9.85. The zero-order chi connectivity index (χ0) is 17.1. The second kappa shape index (κ2) is 7.14. The van der Waals surface area contributed by atoms with E-state index < -0.39 is 0 Å². The van der Waals surface area contributed by atoms with E-state index in [4.69, 9.17) is 0 Å². The number of carbonyl (C=O) groups is 1. The fourth-order valence-electron chi connectivity index (χ4n) is 2.07. The van der Waals surface area contributed by atoms with Gasteiger partial charge >= 0.3 is 5.69 Å². The van der Waals surface area contributed by atoms with Crippen molar-refractivity contribution in [2.24, 2.45) is 0 Å². The van der Waals surface area contributed by atoms with E-state index in [0.717, 1.165) is 6.42 Å². The number of aromatic amines is 1. The zero-order valence-electron chi connectivity index (χ0n) is 12.7. The molecule has 0 aliphatic rings. The predicted molar refractivity (Wildman–Crippen MR) is 92.1 cm³/mol. The van der Waals surface area contributed by atoms with Gasteiger partial charge in [-0.15, -0.1) is 5.10 Å². The van der Waals surface area contributed by atoms with Gasteiger partial charge in [0.15, 0.2) is 10.3 Å². The highest BCUT2D eigenvalue weighted by Crippen LogP contribution is 2.26. The first-order valence-electron chi connectivity index (χ1n) is 7.20. The maximum atomic E-state index is 13.2. The van der Waals surface area contributed by atoms with E-state index in [0.29, 0.717) is 27.0 Å². The molecular formula is C14H14FN5O2S2. The molecule has 0 aliphatic carbocycles. The highest BCUT2D eigenvalue weighted by atomic mass is 32.2. The number of amides is 1. The molecule has 3 aromatic rings. The Kier molecular flexibility index (Phi) is 4.95. The van der Waals surface area contributed by atoms with Crippen molar-refractivity contribution in [2.75, 3.05) is 11.1 Å². The number of halogens is 1. The molecule has 0 saturated heterocycles. The van der Waals surface area contributed by atoms with Crippen LogP contribution >= 0.6 is 23.1 Å². The molecule has 0 saturated carbocycles. The Morgan fingerprint density at radius 3 is 3.12 bits per heavy atom. The summed E-state index contributed by atoms with van der Waals surface area (Å²) in [6, 6.07) is 4.28. The van der Waals surface area contributed by atoms with E-state index >= 15 is 0 Å². The molecule has 0 radical (unpaired) electrons. The number of benzene rings is 1. The Morgan fingerprint density at radius 2 is 2.33 bits per heavy atom. The molecule has 0 atom stereocenters. The van der Waals surface area contributed by atoms with E-state index in [-0.39, 0.29) is 23.2 Å². The van der Waals surface area contributed by atoms with Gasteiger partial charge in [-0.2, -0.15) is 0 Å². The predicted octanol–water partition coefficient (Wildman–Crippen LogP) is 2.46. The number of thioether (sulfide) groups is 1. The summed E-state index contributed by atoms with van der Waals surface area (Å²) >= 11 is 2.38. The Labute approximate surface area is 144 Å². The van der Waals surface area contributed by atoms with Gasteiger partial charge in [-0.3, -0.25) is 9.36 Å². The summed E-state index contributed by atoms with van der Waals surface area (Å²) in [6.45, 7) is 2.50. The van der Waals surface area contributed by atoms with Crippen LogP contribution in [0.2, 0.25) is 0 Å². The fourth-order valence-corrected chi connectivity index (χ4v) is 3.75. The van der Waals surface area contributed by atoms with Gasteiger partial charge in [0.2, 0.25) is 5.91 Å². The van der Waals surface area contributed by atoms with Crippen LogP contribution < -0.4 is 11.0 Å². The van der Waals surface area contributed by atoms with Crippen LogP contribution in [0.3, 0.4) is 0 Å². The van der Waals surface area contributed by atoms with Crippen molar-refractivity contribution in [3.05, 3.63) is 34.5 Å². The van der Waals surface area contributed by atoms with Crippen molar-refractivity contribution in [1.82, 2.24) is 19.7 Å². The van der Waals surface area contributed by atoms with Gasteiger partial charge in [0, 0.05) is 6.54 Å². The van der Waals surface area contributed by atoms with Crippen molar-refractivity contribution in [1.29, 1.82) is 0 Å². The number of aromatic nitrogens is 4. The number of H-pyrrole nitrogens is 1. The molecule has 0 spiro atoms. The minimum Gasteiger partial charge on any atom is -0.301 e. The number of anilines is 1. The molecule has 126 valence electrons. The molecule has 7 nitrogen and oxygen atoms in total. The molecule has 1 amide bonds. The second-order valence-electron chi connectivity index (χ2n) is 4.93. The van der Waals surface area contributed by atoms with Crippen LogP contribution in [0.1, 0.15) is 13.3 Å². The summed E-state index contributed by atoms with van der Waals surface area (Å²) in [5.41, 5.74) is 0.349. The van der Waals surface area contributed by atoms with Crippen LogP contribution in [0.15, 0.2) is 28.2 Å². The maximum absolute atomic E-state index is 13.2. The molecule has 0 fully saturated rings. The van der Waals surface area contributed by atoms with Crippen molar-refractivity contribution in [3.8, 4) is 0 Å². The molecule has 0 bridgehead atoms. The van der Waals surface area contributed by atoms with Gasteiger partial charge < -0.3 is 5.32 Å². The molecule has 1 aromatic carbocycles. The van der Waals surface area contributed by atoms with Crippen LogP contribution in [0.4, 0.5) is 9.52 Å². The lowest BCUT2D eigenvalue weighted by Gasteiger charge is -2.03. The topological polar surface area (TPSA) is 92.7 Å². The normalized spacial score (nSPS) is 11.1. The summed E-state index contributed by atoms with van der Waals surface area (Å²) < 4.78 is 15.3. The number of nitrogens with one attached hydrogen (secondary N) is 2. The molecular weight excluding hydrogens is 353 g/mol. The number of nitrogens with zero attached hydrogens (tertiary/aromatic N) is 3. The lowest BCUT2D eigenvalue weighted by Crippen LogP contribution is -2.18. The molecule has 3 rings (SSSR count). The Bertz CT molecular complexity index is 933. The smallest absolute Gasteiger partial charge is 0.301 e. The Balaban J connectivity index is 1.64. The van der Waals surface area contributed by atoms with E-state index in [1.54, 1.807) is 6.07 Å². The second-order valence-corrected chi connectivity index (χ2v) is 6.90. The third-order valence-corrected chi connectivity index (χ3v) is 5.01. The lowest BCUT2D eigenvalue weighted by molar-refractivity contribution is -0.113. The van der Waals surface area contributed by atoms with Crippen LogP contribution in [-0.2, 0) is 11.3 Å². The number of thiazole rings is 1. The van der Waals surface area contributed by atoms with Gasteiger partial charge in [0.05, 0.1) is 16.0 Å². The van der Waals surface area contributed by atoms with Crippen molar-refractivity contribution >= 4 is 44.4 Å². The largest absolute Gasteiger partial charge is 0.343 e. The van der Waals surface area contributed by atoms with E-state index in [2.05, 4.69) is 20.5 Å². The summed E-state index contributed by atoms with van der Waals surface area (Å²) in [7, 11) is 0. The number of fused-ring (bicyclic) bond motifs is 1. The van der Waals surface area contributed by atoms with E-state index in [1.807, 2.05) is 6.92 Å². The zero-order valence-corrected chi connectivity index (χ0v) is 14.3. The number of carbonyl (C=O) groups excluding carboxylic acids is 1. The molecule has 2 aromatic heterocycles. The average molecular weight is 367 g/mol. The maximum Gasteiger partial charge on any atom is 0.343 e. The number of hydrogen-bond donors (Lipinski definition) is 2. The number of hydrogen-bond acceptors (Lipinski definition) is 6. The molecule has 2 heterocycles. The summed E-state index contributed by atoms with van der Waals surface area (Å²) in [5.74, 6) is -0.511. The fraction of sp³-hybridized carbons (Fsp3) is 0.286. The molecule has 10 heteroatoms.